The number of carbonyl (C=O) groups is 2. The average Bonchev–Trinajstić information content (AvgIpc) is 3.59. The number of aryl methyl sites for hydroxylation is 2. The van der Waals surface area contributed by atoms with E-state index in [1.165, 1.54) is 30.1 Å². The van der Waals surface area contributed by atoms with Gasteiger partial charge < -0.3 is 39.8 Å². The molecule has 1 aliphatic rings. The van der Waals surface area contributed by atoms with Crippen molar-refractivity contribution in [2.24, 2.45) is 0 Å². The number of hydrogen-bond donors (Lipinski definition) is 3. The first kappa shape index (κ1) is 37.4. The van der Waals surface area contributed by atoms with Gasteiger partial charge in [0.1, 0.15) is 29.2 Å². The molecule has 0 spiro atoms. The Hall–Kier alpha value is -4.83. The lowest BCUT2D eigenvalue weighted by molar-refractivity contribution is -0.147. The fraction of sp³-hybridized carbons (Fsp3) is 0.424. The Morgan fingerprint density at radius 1 is 1.02 bits per heavy atom. The van der Waals surface area contributed by atoms with Crippen molar-refractivity contribution >= 4 is 42.7 Å². The topological polar surface area (TPSA) is 222 Å². The summed E-state index contributed by atoms with van der Waals surface area (Å²) in [7, 11) is -3.45. The Labute approximate surface area is 292 Å². The molecule has 1 saturated heterocycles. The zero-order chi connectivity index (χ0) is 36.9. The lowest BCUT2D eigenvalue weighted by Crippen LogP contribution is -2.40. The van der Waals surface area contributed by atoms with Crippen LogP contribution in [0.1, 0.15) is 51.0 Å². The van der Waals surface area contributed by atoms with Crippen LogP contribution in [-0.2, 0) is 45.7 Å². The lowest BCUT2D eigenvalue weighted by atomic mass is 9.98. The minimum Gasteiger partial charge on any atom is -0.469 e. The van der Waals surface area contributed by atoms with E-state index in [2.05, 4.69) is 15.0 Å². The summed E-state index contributed by atoms with van der Waals surface area (Å²) in [4.78, 5) is 36.3. The van der Waals surface area contributed by atoms with Gasteiger partial charge in [0, 0.05) is 12.8 Å². The SMILES string of the molecule is COC(=O)CCc1ccccc1OP(=O)(OC[C@H]1O[C@@H](n2cnc3c(N)nc(N)nc32)[C@@](C)(F)[C@H]1O)Oc1ccccc1CCC(=O)OC(C)C. The number of benzene rings is 2. The Kier molecular flexibility index (Phi) is 11.4. The molecule has 1 unspecified atom stereocenters. The molecule has 1 aliphatic heterocycles. The second kappa shape index (κ2) is 15.6. The van der Waals surface area contributed by atoms with E-state index in [9.17, 15) is 19.3 Å². The van der Waals surface area contributed by atoms with Gasteiger partial charge in [0.05, 0.1) is 26.1 Å². The number of carbonyl (C=O) groups excluding carboxylic acids is 2. The zero-order valence-corrected chi connectivity index (χ0v) is 29.3. The predicted molar refractivity (Wildman–Crippen MR) is 181 cm³/mol. The number of esters is 2. The van der Waals surface area contributed by atoms with E-state index in [0.29, 0.717) is 11.1 Å². The summed E-state index contributed by atoms with van der Waals surface area (Å²) in [6, 6.07) is 13.0. The van der Waals surface area contributed by atoms with Crippen molar-refractivity contribution in [2.45, 2.75) is 76.7 Å². The van der Waals surface area contributed by atoms with Gasteiger partial charge in [-0.15, -0.1) is 0 Å². The second-order valence-electron chi connectivity index (χ2n) is 12.2. The summed E-state index contributed by atoms with van der Waals surface area (Å²) < 4.78 is 65.7. The number of anilines is 2. The number of rotatable bonds is 15. The summed E-state index contributed by atoms with van der Waals surface area (Å²) >= 11 is 0. The highest BCUT2D eigenvalue weighted by Crippen LogP contribution is 2.52. The van der Waals surface area contributed by atoms with Crippen molar-refractivity contribution < 1.29 is 51.4 Å². The third kappa shape index (κ3) is 8.73. The second-order valence-corrected chi connectivity index (χ2v) is 13.7. The minimum absolute atomic E-state index is 0.00191. The predicted octanol–water partition coefficient (Wildman–Crippen LogP) is 4.25. The molecule has 0 aliphatic carbocycles. The van der Waals surface area contributed by atoms with Gasteiger partial charge in [-0.25, -0.2) is 13.9 Å². The van der Waals surface area contributed by atoms with Crippen LogP contribution in [0.2, 0.25) is 0 Å². The molecular weight excluding hydrogens is 690 g/mol. The molecule has 0 radical (unpaired) electrons. The molecule has 2 aromatic heterocycles. The molecule has 5 atom stereocenters. The van der Waals surface area contributed by atoms with Gasteiger partial charge in [-0.1, -0.05) is 36.4 Å². The third-order valence-electron chi connectivity index (χ3n) is 7.99. The molecule has 0 amide bonds. The van der Waals surface area contributed by atoms with Crippen molar-refractivity contribution in [1.29, 1.82) is 0 Å². The zero-order valence-electron chi connectivity index (χ0n) is 28.4. The van der Waals surface area contributed by atoms with Crippen LogP contribution in [0.5, 0.6) is 11.5 Å². The Morgan fingerprint density at radius 2 is 1.61 bits per heavy atom. The molecule has 4 aromatic rings. The number of aliphatic hydroxyl groups is 1. The highest BCUT2D eigenvalue weighted by atomic mass is 31.2. The number of methoxy groups -OCH3 is 1. The maximum Gasteiger partial charge on any atom is 0.587 e. The van der Waals surface area contributed by atoms with Crippen molar-refractivity contribution in [2.75, 3.05) is 25.2 Å². The molecule has 2 aromatic carbocycles. The molecule has 3 heterocycles. The maximum atomic E-state index is 16.2. The van der Waals surface area contributed by atoms with E-state index in [4.69, 9.17) is 39.2 Å². The van der Waals surface area contributed by atoms with Crippen LogP contribution in [0.3, 0.4) is 0 Å². The maximum absolute atomic E-state index is 16.2. The monoisotopic (exact) mass is 730 g/mol. The summed E-state index contributed by atoms with van der Waals surface area (Å²) in [6.45, 7) is 3.92. The number of nitrogens with two attached hydrogens (primary N) is 2. The molecule has 5 N–H and O–H groups in total. The molecule has 0 saturated carbocycles. The molecular formula is C33H40FN6O10P. The number of fused-ring (bicyclic) bond motifs is 1. The van der Waals surface area contributed by atoms with Crippen LogP contribution < -0.4 is 20.5 Å². The molecule has 5 rings (SSSR count). The number of imidazole rings is 1. The van der Waals surface area contributed by atoms with Crippen LogP contribution >= 0.6 is 7.82 Å². The number of aromatic nitrogens is 4. The number of para-hydroxylation sites is 2. The number of halogens is 1. The number of phosphoric ester groups is 1. The van der Waals surface area contributed by atoms with E-state index in [1.807, 2.05) is 0 Å². The van der Waals surface area contributed by atoms with E-state index in [-0.39, 0.29) is 66.2 Å². The van der Waals surface area contributed by atoms with E-state index in [0.717, 1.165) is 6.92 Å². The van der Waals surface area contributed by atoms with Crippen LogP contribution in [-0.4, -0.2) is 74.3 Å². The summed E-state index contributed by atoms with van der Waals surface area (Å²) in [5.74, 6) is -0.971. The largest absolute Gasteiger partial charge is 0.587 e. The number of hydrogen-bond acceptors (Lipinski definition) is 15. The summed E-state index contributed by atoms with van der Waals surface area (Å²) in [5.41, 5.74) is 10.4. The molecule has 18 heteroatoms. The van der Waals surface area contributed by atoms with E-state index >= 15 is 4.39 Å². The highest BCUT2D eigenvalue weighted by molar-refractivity contribution is 7.49. The number of nitrogen functional groups attached to an aromatic ring is 2. The Balaban J connectivity index is 1.42. The third-order valence-corrected chi connectivity index (χ3v) is 9.30. The van der Waals surface area contributed by atoms with Gasteiger partial charge in [0.25, 0.3) is 0 Å². The van der Waals surface area contributed by atoms with Crippen LogP contribution in [0.15, 0.2) is 54.9 Å². The van der Waals surface area contributed by atoms with Gasteiger partial charge >= 0.3 is 19.8 Å². The van der Waals surface area contributed by atoms with Crippen molar-refractivity contribution in [3.8, 4) is 11.5 Å². The first-order valence-corrected chi connectivity index (χ1v) is 17.5. The van der Waals surface area contributed by atoms with Gasteiger partial charge in [-0.05, 0) is 56.9 Å². The van der Waals surface area contributed by atoms with Gasteiger partial charge in [-0.2, -0.15) is 9.97 Å². The number of nitrogens with zero attached hydrogens (tertiary/aromatic N) is 4. The van der Waals surface area contributed by atoms with Crippen molar-refractivity contribution in [3.63, 3.8) is 0 Å². The quantitative estimate of drug-likeness (QED) is 0.115. The highest BCUT2D eigenvalue weighted by Gasteiger charge is 2.56. The van der Waals surface area contributed by atoms with E-state index in [1.54, 1.807) is 50.2 Å². The van der Waals surface area contributed by atoms with Gasteiger partial charge in [-0.3, -0.25) is 18.7 Å². The molecule has 0 bridgehead atoms. The van der Waals surface area contributed by atoms with Gasteiger partial charge in [0.15, 0.2) is 23.4 Å². The average molecular weight is 731 g/mol. The Bertz CT molecular complexity index is 1920. The molecule has 51 heavy (non-hydrogen) atoms. The fourth-order valence-electron chi connectivity index (χ4n) is 5.45. The number of aliphatic hydroxyl groups excluding tert-OH is 1. The standard InChI is InChI=1S/C33H40FN6O10P/c1-19(2)47-26(42)16-14-21-10-6-8-12-23(21)50-51(44,49-22-11-7-5-9-20(22)13-15-25(41)45-4)46-17-24-28(43)33(3,34)31(48-24)40-18-37-27-29(35)38-32(36)39-30(27)40/h5-12,18-19,24,28,31,43H,13-17H2,1-4H3,(H4,35,36,38,39)/t24-,28+,31-,33+,51?/m1/s1. The van der Waals surface area contributed by atoms with Gasteiger partial charge in [0.2, 0.25) is 5.95 Å². The van der Waals surface area contributed by atoms with Crippen LogP contribution in [0, 0.1) is 0 Å². The first-order chi connectivity index (χ1) is 24.2. The van der Waals surface area contributed by atoms with Crippen LogP contribution in [0.4, 0.5) is 16.2 Å². The van der Waals surface area contributed by atoms with Crippen molar-refractivity contribution in [1.82, 2.24) is 19.5 Å². The Morgan fingerprint density at radius 3 is 2.20 bits per heavy atom. The molecule has 1 fully saturated rings. The lowest BCUT2D eigenvalue weighted by Gasteiger charge is -2.25. The number of ether oxygens (including phenoxy) is 3. The minimum atomic E-state index is -4.71. The van der Waals surface area contributed by atoms with Crippen LogP contribution in [0.25, 0.3) is 11.2 Å². The summed E-state index contributed by atoms with van der Waals surface area (Å²) in [6.07, 6.45) is -3.45. The van der Waals surface area contributed by atoms with E-state index < -0.39 is 50.5 Å². The first-order valence-electron chi connectivity index (χ1n) is 16.0. The smallest absolute Gasteiger partial charge is 0.469 e. The number of phosphoric acid groups is 1. The normalized spacial score (nSPS) is 21.4. The molecule has 274 valence electrons. The summed E-state index contributed by atoms with van der Waals surface area (Å²) in [5, 5.41) is 11.1. The molecule has 16 nitrogen and oxygen atoms in total. The fourth-order valence-corrected chi connectivity index (χ4v) is 6.76. The van der Waals surface area contributed by atoms with Crippen molar-refractivity contribution in [3.05, 3.63) is 66.0 Å². The number of alkyl halides is 1.